The zero-order valence-electron chi connectivity index (χ0n) is 14.6. The van der Waals surface area contributed by atoms with Crippen molar-refractivity contribution in [3.63, 3.8) is 0 Å². The zero-order chi connectivity index (χ0) is 17.8. The van der Waals surface area contributed by atoms with E-state index in [4.69, 9.17) is 0 Å². The summed E-state index contributed by atoms with van der Waals surface area (Å²) in [5.41, 5.74) is 2.25. The molecule has 0 spiro atoms. The van der Waals surface area contributed by atoms with Gasteiger partial charge in [0.15, 0.2) is 0 Å². The van der Waals surface area contributed by atoms with Crippen LogP contribution in [0.4, 0.5) is 0 Å². The van der Waals surface area contributed by atoms with E-state index in [2.05, 4.69) is 10.6 Å². The number of aryl methyl sites for hydroxylation is 1. The Hall–Kier alpha value is -2.37. The monoisotopic (exact) mass is 343 g/mol. The maximum atomic E-state index is 12.2. The highest BCUT2D eigenvalue weighted by molar-refractivity contribution is 5.89. The van der Waals surface area contributed by atoms with Crippen LogP contribution in [0, 0.1) is 18.8 Å². The Morgan fingerprint density at radius 1 is 1.04 bits per heavy atom. The average Bonchev–Trinajstić information content (AvgIpc) is 3.38. The van der Waals surface area contributed by atoms with Gasteiger partial charge in [-0.05, 0) is 25.3 Å². The predicted molar refractivity (Wildman–Crippen MR) is 93.4 cm³/mol. The van der Waals surface area contributed by atoms with Crippen molar-refractivity contribution in [3.05, 3.63) is 35.4 Å². The van der Waals surface area contributed by atoms with Gasteiger partial charge in [-0.3, -0.25) is 14.4 Å². The Bertz CT molecular complexity index is 652. The molecule has 1 saturated carbocycles. The number of carbonyl (C=O) groups excluding carboxylic acids is 3. The second-order valence-electron chi connectivity index (χ2n) is 7.02. The van der Waals surface area contributed by atoms with Crippen LogP contribution in [-0.4, -0.2) is 42.3 Å². The molecule has 2 fully saturated rings. The first kappa shape index (κ1) is 17.5. The SMILES string of the molecule is Cc1ccc(CN2CC(C(=O)NCCNC(=O)C3CC3)CC2=O)cc1. The van der Waals surface area contributed by atoms with Gasteiger partial charge in [-0.2, -0.15) is 0 Å². The molecule has 0 bridgehead atoms. The number of carbonyl (C=O) groups is 3. The van der Waals surface area contributed by atoms with E-state index in [1.807, 2.05) is 31.2 Å². The summed E-state index contributed by atoms with van der Waals surface area (Å²) < 4.78 is 0. The first-order valence-corrected chi connectivity index (χ1v) is 8.91. The van der Waals surface area contributed by atoms with Crippen LogP contribution in [0.25, 0.3) is 0 Å². The molecular formula is C19H25N3O3. The fourth-order valence-electron chi connectivity index (χ4n) is 3.02. The third kappa shape index (κ3) is 4.81. The number of likely N-dealkylation sites (tertiary alicyclic amines) is 1. The Labute approximate surface area is 148 Å². The number of hydrogen-bond donors (Lipinski definition) is 2. The quantitative estimate of drug-likeness (QED) is 0.725. The van der Waals surface area contributed by atoms with E-state index < -0.39 is 0 Å². The number of nitrogens with one attached hydrogen (secondary N) is 2. The third-order valence-corrected chi connectivity index (χ3v) is 4.75. The van der Waals surface area contributed by atoms with Gasteiger partial charge in [-0.25, -0.2) is 0 Å². The molecule has 2 aliphatic rings. The molecule has 2 N–H and O–H groups in total. The standard InChI is InChI=1S/C19H25N3O3/c1-13-2-4-14(5-3-13)11-22-12-16(10-17(22)23)19(25)21-9-8-20-18(24)15-6-7-15/h2-5,15-16H,6-12H2,1H3,(H,20,24)(H,21,25). The molecule has 3 rings (SSSR count). The summed E-state index contributed by atoms with van der Waals surface area (Å²) in [6, 6.07) is 8.07. The fourth-order valence-corrected chi connectivity index (χ4v) is 3.02. The molecule has 134 valence electrons. The molecule has 1 aromatic carbocycles. The van der Waals surface area contributed by atoms with Crippen molar-refractivity contribution in [2.75, 3.05) is 19.6 Å². The highest BCUT2D eigenvalue weighted by Gasteiger charge is 2.34. The summed E-state index contributed by atoms with van der Waals surface area (Å²) in [6.07, 6.45) is 2.20. The molecule has 1 aliphatic heterocycles. The molecule has 3 amide bonds. The second kappa shape index (κ2) is 7.68. The molecule has 6 nitrogen and oxygen atoms in total. The minimum absolute atomic E-state index is 0.0164. The van der Waals surface area contributed by atoms with Crippen LogP contribution in [0.1, 0.15) is 30.4 Å². The van der Waals surface area contributed by atoms with Crippen LogP contribution in [0.5, 0.6) is 0 Å². The molecular weight excluding hydrogens is 318 g/mol. The lowest BCUT2D eigenvalue weighted by atomic mass is 10.1. The molecule has 1 atom stereocenters. The normalized spacial score (nSPS) is 19.8. The third-order valence-electron chi connectivity index (χ3n) is 4.75. The van der Waals surface area contributed by atoms with Crippen LogP contribution in [0.15, 0.2) is 24.3 Å². The van der Waals surface area contributed by atoms with Crippen molar-refractivity contribution in [2.24, 2.45) is 11.8 Å². The molecule has 1 aromatic rings. The molecule has 0 radical (unpaired) electrons. The molecule has 1 unspecified atom stereocenters. The van der Waals surface area contributed by atoms with Crippen molar-refractivity contribution < 1.29 is 14.4 Å². The molecule has 25 heavy (non-hydrogen) atoms. The van der Waals surface area contributed by atoms with Crippen LogP contribution in [0.2, 0.25) is 0 Å². The van der Waals surface area contributed by atoms with E-state index in [1.165, 1.54) is 5.56 Å². The van der Waals surface area contributed by atoms with Crippen molar-refractivity contribution >= 4 is 17.7 Å². The molecule has 6 heteroatoms. The zero-order valence-corrected chi connectivity index (χ0v) is 14.6. The van der Waals surface area contributed by atoms with Gasteiger partial charge in [0, 0.05) is 38.5 Å². The van der Waals surface area contributed by atoms with Gasteiger partial charge in [-0.1, -0.05) is 29.8 Å². The Kier molecular flexibility index (Phi) is 5.36. The highest BCUT2D eigenvalue weighted by atomic mass is 16.2. The Morgan fingerprint density at radius 2 is 1.64 bits per heavy atom. The summed E-state index contributed by atoms with van der Waals surface area (Å²) in [7, 11) is 0. The average molecular weight is 343 g/mol. The fraction of sp³-hybridized carbons (Fsp3) is 0.526. The lowest BCUT2D eigenvalue weighted by molar-refractivity contribution is -0.129. The maximum absolute atomic E-state index is 12.2. The number of amides is 3. The molecule has 1 saturated heterocycles. The minimum Gasteiger partial charge on any atom is -0.354 e. The van der Waals surface area contributed by atoms with E-state index in [9.17, 15) is 14.4 Å². The van der Waals surface area contributed by atoms with Crippen LogP contribution in [0.3, 0.4) is 0 Å². The second-order valence-corrected chi connectivity index (χ2v) is 7.02. The van der Waals surface area contributed by atoms with Gasteiger partial charge in [-0.15, -0.1) is 0 Å². The Morgan fingerprint density at radius 3 is 2.24 bits per heavy atom. The molecule has 0 aromatic heterocycles. The van der Waals surface area contributed by atoms with Crippen molar-refractivity contribution in [2.45, 2.75) is 32.7 Å². The first-order chi connectivity index (χ1) is 12.0. The maximum Gasteiger partial charge on any atom is 0.225 e. The number of hydrogen-bond acceptors (Lipinski definition) is 3. The summed E-state index contributed by atoms with van der Waals surface area (Å²) in [5.74, 6) is -0.145. The first-order valence-electron chi connectivity index (χ1n) is 8.91. The van der Waals surface area contributed by atoms with Crippen LogP contribution in [-0.2, 0) is 20.9 Å². The van der Waals surface area contributed by atoms with Crippen LogP contribution >= 0.6 is 0 Å². The van der Waals surface area contributed by atoms with Gasteiger partial charge in [0.2, 0.25) is 17.7 Å². The van der Waals surface area contributed by atoms with Crippen LogP contribution < -0.4 is 10.6 Å². The van der Waals surface area contributed by atoms with E-state index in [0.717, 1.165) is 18.4 Å². The summed E-state index contributed by atoms with van der Waals surface area (Å²) >= 11 is 0. The van der Waals surface area contributed by atoms with E-state index in [1.54, 1.807) is 4.90 Å². The van der Waals surface area contributed by atoms with E-state index in [0.29, 0.717) is 26.2 Å². The molecule has 1 heterocycles. The minimum atomic E-state index is -0.308. The highest BCUT2D eigenvalue weighted by Crippen LogP contribution is 2.28. The molecule has 1 aliphatic carbocycles. The van der Waals surface area contributed by atoms with Gasteiger partial charge >= 0.3 is 0 Å². The van der Waals surface area contributed by atoms with E-state index in [-0.39, 0.29) is 36.0 Å². The smallest absolute Gasteiger partial charge is 0.225 e. The van der Waals surface area contributed by atoms with E-state index >= 15 is 0 Å². The number of benzene rings is 1. The summed E-state index contributed by atoms with van der Waals surface area (Å²) in [4.78, 5) is 37.6. The van der Waals surface area contributed by atoms with Gasteiger partial charge in [0.1, 0.15) is 0 Å². The van der Waals surface area contributed by atoms with Crippen molar-refractivity contribution in [1.82, 2.24) is 15.5 Å². The summed E-state index contributed by atoms with van der Waals surface area (Å²) in [6.45, 7) is 3.86. The van der Waals surface area contributed by atoms with Gasteiger partial charge in [0.05, 0.1) is 5.92 Å². The van der Waals surface area contributed by atoms with Crippen molar-refractivity contribution in [3.8, 4) is 0 Å². The van der Waals surface area contributed by atoms with Gasteiger partial charge in [0.25, 0.3) is 0 Å². The van der Waals surface area contributed by atoms with Crippen molar-refractivity contribution in [1.29, 1.82) is 0 Å². The number of rotatable bonds is 7. The predicted octanol–water partition coefficient (Wildman–Crippen LogP) is 0.986. The number of nitrogens with zero attached hydrogens (tertiary/aromatic N) is 1. The largest absolute Gasteiger partial charge is 0.354 e. The lowest BCUT2D eigenvalue weighted by Gasteiger charge is -2.17. The summed E-state index contributed by atoms with van der Waals surface area (Å²) in [5, 5.41) is 5.63. The lowest BCUT2D eigenvalue weighted by Crippen LogP contribution is -2.38. The van der Waals surface area contributed by atoms with Gasteiger partial charge < -0.3 is 15.5 Å². The topological polar surface area (TPSA) is 78.5 Å². The Balaban J connectivity index is 1.40.